The monoisotopic (exact) mass is 472 g/mol. The standard InChI is InChI=1S/C19H22Cl2N4O4S/c20-13-6-3-5-12(15(13)21)11-29-16-14(18(26)27)17(30-24-16)23-19(28)22-7-4-10-25-8-1-2-9-25/h3,5-6H,1-2,4,7-11H2,(H,26,27)(H2,22,23,28). The van der Waals surface area contributed by atoms with E-state index in [1.165, 1.54) is 12.8 Å². The van der Waals surface area contributed by atoms with Crippen LogP contribution in [0.15, 0.2) is 18.2 Å². The quantitative estimate of drug-likeness (QED) is 0.469. The number of hydrogen-bond acceptors (Lipinski definition) is 6. The molecule has 11 heteroatoms. The van der Waals surface area contributed by atoms with Gasteiger partial charge in [0.05, 0.1) is 10.0 Å². The Kier molecular flexibility index (Phi) is 8.15. The highest BCUT2D eigenvalue weighted by Crippen LogP contribution is 2.32. The molecule has 3 N–H and O–H groups in total. The Morgan fingerprint density at radius 3 is 2.77 bits per heavy atom. The number of nitrogens with zero attached hydrogens (tertiary/aromatic N) is 2. The second-order valence-electron chi connectivity index (χ2n) is 6.78. The molecule has 1 saturated heterocycles. The number of carboxylic acid groups (broad SMARTS) is 1. The Labute approximate surface area is 188 Å². The van der Waals surface area contributed by atoms with E-state index in [9.17, 15) is 14.7 Å². The normalized spacial score (nSPS) is 13.9. The van der Waals surface area contributed by atoms with Crippen LogP contribution in [0.1, 0.15) is 35.2 Å². The number of rotatable bonds is 9. The van der Waals surface area contributed by atoms with Crippen LogP contribution >= 0.6 is 34.7 Å². The summed E-state index contributed by atoms with van der Waals surface area (Å²) >= 11 is 12.9. The number of carboxylic acids is 1. The molecule has 162 valence electrons. The highest BCUT2D eigenvalue weighted by Gasteiger charge is 2.23. The molecule has 3 rings (SSSR count). The van der Waals surface area contributed by atoms with Crippen LogP contribution < -0.4 is 15.4 Å². The lowest BCUT2D eigenvalue weighted by molar-refractivity contribution is 0.0693. The molecular formula is C19H22Cl2N4O4S. The molecule has 30 heavy (non-hydrogen) atoms. The molecule has 0 atom stereocenters. The van der Waals surface area contributed by atoms with Crippen LogP contribution in [-0.4, -0.2) is 52.6 Å². The van der Waals surface area contributed by atoms with Gasteiger partial charge in [0.1, 0.15) is 11.6 Å². The van der Waals surface area contributed by atoms with E-state index in [0.29, 0.717) is 22.2 Å². The number of likely N-dealkylation sites (tertiary alicyclic amines) is 1. The average Bonchev–Trinajstić information content (AvgIpc) is 3.36. The molecule has 1 aromatic heterocycles. The SMILES string of the molecule is O=C(NCCCN1CCCC1)Nc1snc(OCc2cccc(Cl)c2Cl)c1C(=O)O. The van der Waals surface area contributed by atoms with Crippen LogP contribution in [0.25, 0.3) is 0 Å². The van der Waals surface area contributed by atoms with Gasteiger partial charge in [-0.25, -0.2) is 9.59 Å². The van der Waals surface area contributed by atoms with Crippen molar-refractivity contribution in [2.75, 3.05) is 31.5 Å². The summed E-state index contributed by atoms with van der Waals surface area (Å²) in [6, 6.07) is 4.60. The van der Waals surface area contributed by atoms with Crippen molar-refractivity contribution in [3.05, 3.63) is 39.4 Å². The van der Waals surface area contributed by atoms with Crippen molar-refractivity contribution in [3.63, 3.8) is 0 Å². The predicted molar refractivity (Wildman–Crippen MR) is 117 cm³/mol. The minimum Gasteiger partial charge on any atom is -0.477 e. The van der Waals surface area contributed by atoms with Crippen molar-refractivity contribution >= 4 is 51.7 Å². The number of carbonyl (C=O) groups excluding carboxylic acids is 1. The number of anilines is 1. The van der Waals surface area contributed by atoms with Gasteiger partial charge in [-0.15, -0.1) is 0 Å². The smallest absolute Gasteiger partial charge is 0.344 e. The number of nitrogens with one attached hydrogen (secondary N) is 2. The average molecular weight is 473 g/mol. The van der Waals surface area contributed by atoms with Gasteiger partial charge >= 0.3 is 12.0 Å². The van der Waals surface area contributed by atoms with Gasteiger partial charge in [-0.2, -0.15) is 4.37 Å². The number of amides is 2. The Hall–Kier alpha value is -2.07. The molecule has 1 aliphatic rings. The summed E-state index contributed by atoms with van der Waals surface area (Å²) in [4.78, 5) is 26.2. The topological polar surface area (TPSA) is 104 Å². The number of carbonyl (C=O) groups is 2. The highest BCUT2D eigenvalue weighted by molar-refractivity contribution is 7.11. The zero-order valence-electron chi connectivity index (χ0n) is 16.1. The second-order valence-corrected chi connectivity index (χ2v) is 8.34. The van der Waals surface area contributed by atoms with Gasteiger partial charge in [-0.05, 0) is 56.5 Å². The third kappa shape index (κ3) is 5.98. The van der Waals surface area contributed by atoms with E-state index in [-0.39, 0.29) is 23.1 Å². The van der Waals surface area contributed by atoms with Crippen LogP contribution in [0.2, 0.25) is 10.0 Å². The molecule has 8 nitrogen and oxygen atoms in total. The fourth-order valence-electron chi connectivity index (χ4n) is 3.11. The van der Waals surface area contributed by atoms with Crippen molar-refractivity contribution in [2.24, 2.45) is 0 Å². The first kappa shape index (κ1) is 22.6. The van der Waals surface area contributed by atoms with Crippen LogP contribution in [0.5, 0.6) is 5.88 Å². The predicted octanol–water partition coefficient (Wildman–Crippen LogP) is 4.33. The van der Waals surface area contributed by atoms with Gasteiger partial charge in [0.15, 0.2) is 5.56 Å². The molecular weight excluding hydrogens is 451 g/mol. The Morgan fingerprint density at radius 1 is 1.27 bits per heavy atom. The molecule has 0 radical (unpaired) electrons. The molecule has 0 unspecified atom stereocenters. The van der Waals surface area contributed by atoms with Crippen LogP contribution in [0.3, 0.4) is 0 Å². The Balaban J connectivity index is 1.54. The Bertz CT molecular complexity index is 903. The lowest BCUT2D eigenvalue weighted by Crippen LogP contribution is -2.32. The van der Waals surface area contributed by atoms with Crippen molar-refractivity contribution in [1.82, 2.24) is 14.6 Å². The van der Waals surface area contributed by atoms with Gasteiger partial charge < -0.3 is 20.1 Å². The molecule has 0 aliphatic carbocycles. The number of ether oxygens (including phenoxy) is 1. The Morgan fingerprint density at radius 2 is 2.03 bits per heavy atom. The number of hydrogen-bond donors (Lipinski definition) is 3. The summed E-state index contributed by atoms with van der Waals surface area (Å²) in [6.45, 7) is 3.65. The molecule has 0 spiro atoms. The fourth-order valence-corrected chi connectivity index (χ4v) is 4.21. The number of benzene rings is 1. The van der Waals surface area contributed by atoms with Crippen LogP contribution in [0.4, 0.5) is 9.80 Å². The summed E-state index contributed by atoms with van der Waals surface area (Å²) in [5.74, 6) is -1.34. The van der Waals surface area contributed by atoms with Crippen molar-refractivity contribution < 1.29 is 19.4 Å². The first-order chi connectivity index (χ1) is 14.5. The minimum absolute atomic E-state index is 0.00839. The van der Waals surface area contributed by atoms with Crippen molar-refractivity contribution in [3.8, 4) is 5.88 Å². The number of aromatic nitrogens is 1. The summed E-state index contributed by atoms with van der Waals surface area (Å²) in [6.07, 6.45) is 3.28. The lowest BCUT2D eigenvalue weighted by atomic mass is 10.2. The maximum atomic E-state index is 12.1. The lowest BCUT2D eigenvalue weighted by Gasteiger charge is -2.14. The minimum atomic E-state index is -1.25. The highest BCUT2D eigenvalue weighted by atomic mass is 35.5. The van der Waals surface area contributed by atoms with E-state index in [1.54, 1.807) is 18.2 Å². The van der Waals surface area contributed by atoms with Gasteiger partial charge in [0, 0.05) is 12.1 Å². The molecule has 1 fully saturated rings. The van der Waals surface area contributed by atoms with Crippen LogP contribution in [-0.2, 0) is 6.61 Å². The molecule has 2 heterocycles. The number of aromatic carboxylic acids is 1. The maximum absolute atomic E-state index is 12.1. The summed E-state index contributed by atoms with van der Waals surface area (Å²) in [7, 11) is 0. The summed E-state index contributed by atoms with van der Waals surface area (Å²) < 4.78 is 9.56. The summed E-state index contributed by atoms with van der Waals surface area (Å²) in [5.41, 5.74) is 0.393. The summed E-state index contributed by atoms with van der Waals surface area (Å²) in [5, 5.41) is 15.6. The first-order valence-corrected chi connectivity index (χ1v) is 11.0. The second kappa shape index (κ2) is 10.8. The van der Waals surface area contributed by atoms with E-state index in [1.807, 2.05) is 0 Å². The number of halogens is 2. The van der Waals surface area contributed by atoms with Gasteiger partial charge in [0.2, 0.25) is 5.88 Å². The number of urea groups is 1. The zero-order valence-corrected chi connectivity index (χ0v) is 18.4. The van der Waals surface area contributed by atoms with Gasteiger partial charge in [-0.3, -0.25) is 5.32 Å². The van der Waals surface area contributed by atoms with Crippen LogP contribution in [0, 0.1) is 0 Å². The van der Waals surface area contributed by atoms with E-state index in [0.717, 1.165) is 37.6 Å². The first-order valence-electron chi connectivity index (χ1n) is 9.51. The molecule has 2 amide bonds. The van der Waals surface area contributed by atoms with E-state index < -0.39 is 12.0 Å². The maximum Gasteiger partial charge on any atom is 0.344 e. The molecule has 1 aromatic carbocycles. The third-order valence-electron chi connectivity index (χ3n) is 4.63. The fraction of sp³-hybridized carbons (Fsp3) is 0.421. The molecule has 0 bridgehead atoms. The van der Waals surface area contributed by atoms with Crippen molar-refractivity contribution in [2.45, 2.75) is 25.9 Å². The largest absolute Gasteiger partial charge is 0.477 e. The van der Waals surface area contributed by atoms with Gasteiger partial charge in [-0.1, -0.05) is 35.3 Å². The third-order valence-corrected chi connectivity index (χ3v) is 6.24. The zero-order chi connectivity index (χ0) is 21.5. The molecule has 0 saturated carbocycles. The van der Waals surface area contributed by atoms with E-state index in [4.69, 9.17) is 27.9 Å². The van der Waals surface area contributed by atoms with Crippen molar-refractivity contribution in [1.29, 1.82) is 0 Å². The van der Waals surface area contributed by atoms with E-state index >= 15 is 0 Å². The van der Waals surface area contributed by atoms with Gasteiger partial charge in [0.25, 0.3) is 0 Å². The molecule has 1 aliphatic heterocycles. The van der Waals surface area contributed by atoms with E-state index in [2.05, 4.69) is 19.9 Å². The molecule has 2 aromatic rings.